The summed E-state index contributed by atoms with van der Waals surface area (Å²) in [6.45, 7) is 7.02. The van der Waals surface area contributed by atoms with Crippen LogP contribution in [0.3, 0.4) is 0 Å². The van der Waals surface area contributed by atoms with E-state index in [0.29, 0.717) is 5.41 Å². The Hall–Kier alpha value is -0.730. The number of guanidine groups is 1. The lowest BCUT2D eigenvalue weighted by molar-refractivity contribution is 0.137. The molecule has 0 amide bonds. The van der Waals surface area contributed by atoms with Gasteiger partial charge in [0.15, 0.2) is 5.96 Å². The third kappa shape index (κ3) is 3.13. The highest BCUT2D eigenvalue weighted by molar-refractivity contribution is 5.79. The molecule has 0 aromatic carbocycles. The van der Waals surface area contributed by atoms with Gasteiger partial charge >= 0.3 is 0 Å². The maximum Gasteiger partial charge on any atom is 0.195 e. The van der Waals surface area contributed by atoms with Crippen molar-refractivity contribution < 1.29 is 0 Å². The fourth-order valence-corrected chi connectivity index (χ4v) is 2.92. The predicted octanol–water partition coefficient (Wildman–Crippen LogP) is 2.44. The van der Waals surface area contributed by atoms with Crippen LogP contribution in [0.2, 0.25) is 0 Å². The molecule has 0 aromatic heterocycles. The average molecular weight is 225 g/mol. The van der Waals surface area contributed by atoms with E-state index in [-0.39, 0.29) is 0 Å². The van der Waals surface area contributed by atoms with Crippen molar-refractivity contribution in [1.82, 2.24) is 9.80 Å². The van der Waals surface area contributed by atoms with E-state index < -0.39 is 0 Å². The van der Waals surface area contributed by atoms with E-state index in [4.69, 9.17) is 0 Å². The summed E-state index contributed by atoms with van der Waals surface area (Å²) in [5.74, 6) is 1.13. The van der Waals surface area contributed by atoms with Gasteiger partial charge in [-0.1, -0.05) is 20.3 Å². The molecular weight excluding hydrogens is 198 g/mol. The van der Waals surface area contributed by atoms with Crippen LogP contribution in [0.15, 0.2) is 4.99 Å². The van der Waals surface area contributed by atoms with Crippen molar-refractivity contribution in [3.05, 3.63) is 0 Å². The first-order valence-electron chi connectivity index (χ1n) is 6.41. The van der Waals surface area contributed by atoms with Gasteiger partial charge in [0.2, 0.25) is 0 Å². The summed E-state index contributed by atoms with van der Waals surface area (Å²) in [7, 11) is 6.04. The second kappa shape index (κ2) is 5.55. The van der Waals surface area contributed by atoms with Crippen LogP contribution >= 0.6 is 0 Å². The number of likely N-dealkylation sites (tertiary alicyclic amines) is 1. The van der Waals surface area contributed by atoms with E-state index in [0.717, 1.165) is 19.0 Å². The van der Waals surface area contributed by atoms with E-state index in [9.17, 15) is 0 Å². The molecule has 1 rings (SSSR count). The van der Waals surface area contributed by atoms with Gasteiger partial charge in [0.25, 0.3) is 0 Å². The number of rotatable bonds is 2. The Morgan fingerprint density at radius 2 is 2.12 bits per heavy atom. The molecule has 0 radical (unpaired) electrons. The lowest BCUT2D eigenvalue weighted by atomic mass is 9.78. The Kier molecular flexibility index (Phi) is 4.63. The average Bonchev–Trinajstić information content (AvgIpc) is 2.18. The minimum absolute atomic E-state index is 0.485. The quantitative estimate of drug-likeness (QED) is 0.531. The van der Waals surface area contributed by atoms with Gasteiger partial charge in [-0.25, -0.2) is 0 Å². The van der Waals surface area contributed by atoms with Gasteiger partial charge in [0.1, 0.15) is 0 Å². The molecule has 3 heteroatoms. The summed E-state index contributed by atoms with van der Waals surface area (Å²) in [5.41, 5.74) is 0.485. The van der Waals surface area contributed by atoms with Crippen LogP contribution in [-0.2, 0) is 0 Å². The van der Waals surface area contributed by atoms with E-state index in [2.05, 4.69) is 42.7 Å². The summed E-state index contributed by atoms with van der Waals surface area (Å²) in [6, 6.07) is 0. The molecule has 1 aliphatic heterocycles. The van der Waals surface area contributed by atoms with Crippen LogP contribution in [0.5, 0.6) is 0 Å². The number of hydrogen-bond acceptors (Lipinski definition) is 1. The molecule has 1 saturated heterocycles. The van der Waals surface area contributed by atoms with Crippen LogP contribution in [-0.4, -0.2) is 50.0 Å². The number of piperidine rings is 1. The first-order valence-corrected chi connectivity index (χ1v) is 6.41. The Balaban J connectivity index is 2.69. The van der Waals surface area contributed by atoms with Crippen molar-refractivity contribution in [2.75, 3.05) is 34.2 Å². The van der Waals surface area contributed by atoms with Gasteiger partial charge in [-0.15, -0.1) is 0 Å². The monoisotopic (exact) mass is 225 g/mol. The highest BCUT2D eigenvalue weighted by atomic mass is 15.4. The lowest BCUT2D eigenvalue weighted by Gasteiger charge is -2.43. The van der Waals surface area contributed by atoms with E-state index in [1.807, 2.05) is 7.05 Å². The van der Waals surface area contributed by atoms with E-state index >= 15 is 0 Å². The molecule has 1 atom stereocenters. The Bertz CT molecular complexity index is 244. The van der Waals surface area contributed by atoms with Gasteiger partial charge in [-0.05, 0) is 24.7 Å². The zero-order valence-electron chi connectivity index (χ0n) is 11.6. The van der Waals surface area contributed by atoms with Gasteiger partial charge in [0, 0.05) is 34.2 Å². The van der Waals surface area contributed by atoms with Crippen LogP contribution in [0.25, 0.3) is 0 Å². The lowest BCUT2D eigenvalue weighted by Crippen LogP contribution is -2.49. The Morgan fingerprint density at radius 1 is 1.44 bits per heavy atom. The summed E-state index contributed by atoms with van der Waals surface area (Å²) < 4.78 is 0. The zero-order valence-corrected chi connectivity index (χ0v) is 11.6. The molecule has 1 fully saturated rings. The molecule has 16 heavy (non-hydrogen) atoms. The van der Waals surface area contributed by atoms with Crippen molar-refractivity contribution in [1.29, 1.82) is 0 Å². The minimum Gasteiger partial charge on any atom is -0.349 e. The fraction of sp³-hybridized carbons (Fsp3) is 0.923. The third-order valence-corrected chi connectivity index (χ3v) is 3.52. The molecule has 0 saturated carbocycles. The summed E-state index contributed by atoms with van der Waals surface area (Å²) in [5, 5.41) is 0. The van der Waals surface area contributed by atoms with Gasteiger partial charge < -0.3 is 9.80 Å². The standard InChI is InChI=1S/C13H27N3/c1-6-8-13(2)9-7-10-16(11-13)12(14-3)15(4)5/h6-11H2,1-5H3. The molecule has 94 valence electrons. The fourth-order valence-electron chi connectivity index (χ4n) is 2.92. The van der Waals surface area contributed by atoms with Crippen molar-refractivity contribution in [2.24, 2.45) is 10.4 Å². The molecule has 0 bridgehead atoms. The van der Waals surface area contributed by atoms with E-state index in [1.165, 1.54) is 25.7 Å². The molecule has 1 unspecified atom stereocenters. The highest BCUT2D eigenvalue weighted by Gasteiger charge is 2.31. The number of hydrogen-bond donors (Lipinski definition) is 0. The number of aliphatic imine (C=N–C) groups is 1. The first-order chi connectivity index (χ1) is 7.52. The summed E-state index contributed by atoms with van der Waals surface area (Å²) in [6.07, 6.45) is 5.27. The highest BCUT2D eigenvalue weighted by Crippen LogP contribution is 2.34. The van der Waals surface area contributed by atoms with E-state index in [1.54, 1.807) is 0 Å². The van der Waals surface area contributed by atoms with Crippen LogP contribution in [0.1, 0.15) is 39.5 Å². The van der Waals surface area contributed by atoms with Gasteiger partial charge in [-0.2, -0.15) is 0 Å². The molecular formula is C13H27N3. The van der Waals surface area contributed by atoms with Gasteiger partial charge in [-0.3, -0.25) is 4.99 Å². The molecule has 0 aromatic rings. The number of nitrogens with zero attached hydrogens (tertiary/aromatic N) is 3. The largest absolute Gasteiger partial charge is 0.349 e. The minimum atomic E-state index is 0.485. The van der Waals surface area contributed by atoms with Crippen molar-refractivity contribution in [3.63, 3.8) is 0 Å². The van der Waals surface area contributed by atoms with Gasteiger partial charge in [0.05, 0.1) is 0 Å². The molecule has 0 spiro atoms. The molecule has 0 N–H and O–H groups in total. The summed E-state index contributed by atoms with van der Waals surface area (Å²) >= 11 is 0. The molecule has 3 nitrogen and oxygen atoms in total. The SMILES string of the molecule is CCCC1(C)CCCN(C(=NC)N(C)C)C1. The summed E-state index contributed by atoms with van der Waals surface area (Å²) in [4.78, 5) is 8.97. The maximum absolute atomic E-state index is 4.41. The normalized spacial score (nSPS) is 27.1. The van der Waals surface area contributed by atoms with Crippen LogP contribution < -0.4 is 0 Å². The van der Waals surface area contributed by atoms with Crippen molar-refractivity contribution >= 4 is 5.96 Å². The van der Waals surface area contributed by atoms with Crippen molar-refractivity contribution in [2.45, 2.75) is 39.5 Å². The topological polar surface area (TPSA) is 18.8 Å². The van der Waals surface area contributed by atoms with Crippen LogP contribution in [0.4, 0.5) is 0 Å². The molecule has 0 aliphatic carbocycles. The molecule has 1 aliphatic rings. The zero-order chi connectivity index (χ0) is 12.2. The second-order valence-corrected chi connectivity index (χ2v) is 5.50. The maximum atomic E-state index is 4.41. The first kappa shape index (κ1) is 13.3. The third-order valence-electron chi connectivity index (χ3n) is 3.52. The smallest absolute Gasteiger partial charge is 0.195 e. The van der Waals surface area contributed by atoms with Crippen molar-refractivity contribution in [3.8, 4) is 0 Å². The molecule has 1 heterocycles. The Morgan fingerprint density at radius 3 is 2.62 bits per heavy atom. The van der Waals surface area contributed by atoms with Crippen LogP contribution in [0, 0.1) is 5.41 Å². The Labute approximate surface area is 101 Å². The predicted molar refractivity (Wildman–Crippen MR) is 70.9 cm³/mol. The second-order valence-electron chi connectivity index (χ2n) is 5.50.